The van der Waals surface area contributed by atoms with Crippen LogP contribution in [0.1, 0.15) is 18.5 Å². The molecule has 2 N–H and O–H groups in total. The van der Waals surface area contributed by atoms with E-state index >= 15 is 0 Å². The molecular formula is C14H24IN5S. The average molecular weight is 421 g/mol. The number of nitrogens with one attached hydrogen (secondary N) is 2. The van der Waals surface area contributed by atoms with Crippen molar-refractivity contribution >= 4 is 46.4 Å². The van der Waals surface area contributed by atoms with Crippen molar-refractivity contribution in [2.75, 3.05) is 38.1 Å². The highest BCUT2D eigenvalue weighted by molar-refractivity contribution is 14.0. The highest BCUT2D eigenvalue weighted by atomic mass is 127. The highest BCUT2D eigenvalue weighted by Gasteiger charge is 2.15. The smallest absolute Gasteiger partial charge is 0.191 e. The lowest BCUT2D eigenvalue weighted by Crippen LogP contribution is -2.38. The summed E-state index contributed by atoms with van der Waals surface area (Å²) in [7, 11) is 1.77. The van der Waals surface area contributed by atoms with E-state index in [1.165, 1.54) is 18.0 Å². The predicted octanol–water partition coefficient (Wildman–Crippen LogP) is 2.25. The van der Waals surface area contributed by atoms with E-state index in [1.54, 1.807) is 18.4 Å². The lowest BCUT2D eigenvalue weighted by atomic mass is 10.3. The summed E-state index contributed by atoms with van der Waals surface area (Å²) in [6.45, 7) is 7.54. The van der Waals surface area contributed by atoms with E-state index in [4.69, 9.17) is 4.98 Å². The normalized spacial score (nSPS) is 14.7. The number of aliphatic imine (C=N–C) groups is 1. The zero-order valence-corrected chi connectivity index (χ0v) is 15.6. The van der Waals surface area contributed by atoms with E-state index in [2.05, 4.69) is 32.5 Å². The van der Waals surface area contributed by atoms with Crippen molar-refractivity contribution in [3.8, 4) is 0 Å². The molecule has 21 heavy (non-hydrogen) atoms. The zero-order chi connectivity index (χ0) is 14.2. The summed E-state index contributed by atoms with van der Waals surface area (Å²) in [5.74, 6) is 0.805. The van der Waals surface area contributed by atoms with Crippen LogP contribution in [0.2, 0.25) is 0 Å². The van der Waals surface area contributed by atoms with Gasteiger partial charge in [-0.05, 0) is 12.8 Å². The van der Waals surface area contributed by atoms with Crippen LogP contribution >= 0.6 is 35.3 Å². The van der Waals surface area contributed by atoms with Gasteiger partial charge in [0.2, 0.25) is 0 Å². The third-order valence-corrected chi connectivity index (χ3v) is 4.18. The standard InChI is InChI=1S/C14H23N5S.HI/c1-3-7-16-13(15-2)17-8-6-12-11-20-14(18-12)19-9-4-5-10-19;/h3,11H,1,4-10H2,2H3,(H2,15,16,17);1H. The number of thiazole rings is 1. The summed E-state index contributed by atoms with van der Waals surface area (Å²) in [6.07, 6.45) is 5.32. The molecule has 2 heterocycles. The highest BCUT2D eigenvalue weighted by Crippen LogP contribution is 2.24. The van der Waals surface area contributed by atoms with Crippen LogP contribution in [0.25, 0.3) is 0 Å². The van der Waals surface area contributed by atoms with E-state index in [-0.39, 0.29) is 24.0 Å². The Kier molecular flexibility index (Phi) is 8.67. The van der Waals surface area contributed by atoms with Gasteiger partial charge in [-0.25, -0.2) is 4.98 Å². The largest absolute Gasteiger partial charge is 0.356 e. The summed E-state index contributed by atoms with van der Waals surface area (Å²) in [5.41, 5.74) is 1.16. The Balaban J connectivity index is 0.00000220. The maximum absolute atomic E-state index is 4.71. The fourth-order valence-corrected chi connectivity index (χ4v) is 3.08. The van der Waals surface area contributed by atoms with Gasteiger partial charge in [0.1, 0.15) is 0 Å². The molecule has 0 atom stereocenters. The van der Waals surface area contributed by atoms with Gasteiger partial charge in [-0.2, -0.15) is 0 Å². The fourth-order valence-electron chi connectivity index (χ4n) is 2.16. The van der Waals surface area contributed by atoms with Crippen molar-refractivity contribution < 1.29 is 0 Å². The minimum Gasteiger partial charge on any atom is -0.356 e. The number of halogens is 1. The number of nitrogens with zero attached hydrogens (tertiary/aromatic N) is 3. The molecule has 1 aliphatic rings. The molecule has 1 aromatic rings. The molecule has 7 heteroatoms. The molecule has 118 valence electrons. The molecule has 0 radical (unpaired) electrons. The quantitative estimate of drug-likeness (QED) is 0.320. The average Bonchev–Trinajstić information content (AvgIpc) is 3.13. The lowest BCUT2D eigenvalue weighted by molar-refractivity contribution is 0.807. The van der Waals surface area contributed by atoms with Gasteiger partial charge in [0.15, 0.2) is 11.1 Å². The molecule has 1 fully saturated rings. The second-order valence-corrected chi connectivity index (χ2v) is 5.57. The van der Waals surface area contributed by atoms with E-state index in [1.807, 2.05) is 6.08 Å². The first-order chi connectivity index (χ1) is 9.83. The van der Waals surface area contributed by atoms with Crippen molar-refractivity contribution in [1.82, 2.24) is 15.6 Å². The Morgan fingerprint density at radius 3 is 2.90 bits per heavy atom. The van der Waals surface area contributed by atoms with Crippen molar-refractivity contribution in [3.63, 3.8) is 0 Å². The molecule has 0 aromatic carbocycles. The van der Waals surface area contributed by atoms with Crippen LogP contribution in [0.5, 0.6) is 0 Å². The molecule has 0 spiro atoms. The minimum atomic E-state index is 0. The third kappa shape index (κ3) is 5.82. The maximum atomic E-state index is 4.71. The molecule has 0 bridgehead atoms. The Morgan fingerprint density at radius 2 is 2.24 bits per heavy atom. The minimum absolute atomic E-state index is 0. The Bertz CT molecular complexity index is 454. The molecule has 1 aromatic heterocycles. The van der Waals surface area contributed by atoms with Crippen LogP contribution in [-0.2, 0) is 6.42 Å². The monoisotopic (exact) mass is 421 g/mol. The summed E-state index contributed by atoms with van der Waals surface area (Å²) in [6, 6.07) is 0. The van der Waals surface area contributed by atoms with Crippen LogP contribution in [0.15, 0.2) is 23.0 Å². The van der Waals surface area contributed by atoms with Gasteiger partial charge >= 0.3 is 0 Å². The lowest BCUT2D eigenvalue weighted by Gasteiger charge is -2.12. The Labute approximate surface area is 148 Å². The topological polar surface area (TPSA) is 52.6 Å². The zero-order valence-electron chi connectivity index (χ0n) is 12.5. The number of anilines is 1. The summed E-state index contributed by atoms with van der Waals surface area (Å²) < 4.78 is 0. The van der Waals surface area contributed by atoms with Gasteiger partial charge in [-0.3, -0.25) is 4.99 Å². The summed E-state index contributed by atoms with van der Waals surface area (Å²) >= 11 is 1.75. The van der Waals surface area contributed by atoms with Crippen LogP contribution < -0.4 is 15.5 Å². The third-order valence-electron chi connectivity index (χ3n) is 3.23. The number of hydrogen-bond donors (Lipinski definition) is 2. The number of hydrogen-bond acceptors (Lipinski definition) is 4. The second-order valence-electron chi connectivity index (χ2n) is 4.73. The molecule has 0 saturated carbocycles. The van der Waals surface area contributed by atoms with Gasteiger partial charge in [-0.1, -0.05) is 6.08 Å². The molecule has 0 aliphatic carbocycles. The first-order valence-electron chi connectivity index (χ1n) is 7.08. The van der Waals surface area contributed by atoms with E-state index < -0.39 is 0 Å². The van der Waals surface area contributed by atoms with Crippen LogP contribution in [0.3, 0.4) is 0 Å². The van der Waals surface area contributed by atoms with Crippen LogP contribution in [0, 0.1) is 0 Å². The molecule has 0 unspecified atom stereocenters. The van der Waals surface area contributed by atoms with Gasteiger partial charge in [0.05, 0.1) is 5.69 Å². The Morgan fingerprint density at radius 1 is 1.48 bits per heavy atom. The second kappa shape index (κ2) is 9.99. The van der Waals surface area contributed by atoms with Gasteiger partial charge in [-0.15, -0.1) is 41.9 Å². The van der Waals surface area contributed by atoms with Crippen LogP contribution in [0.4, 0.5) is 5.13 Å². The molecule has 2 rings (SSSR count). The predicted molar refractivity (Wildman–Crippen MR) is 102 cm³/mol. The van der Waals surface area contributed by atoms with Gasteiger partial charge < -0.3 is 15.5 Å². The van der Waals surface area contributed by atoms with Gasteiger partial charge in [0, 0.05) is 45.0 Å². The number of rotatable bonds is 6. The van der Waals surface area contributed by atoms with Crippen molar-refractivity contribution in [2.45, 2.75) is 19.3 Å². The van der Waals surface area contributed by atoms with E-state index in [0.717, 1.165) is 44.3 Å². The molecule has 5 nitrogen and oxygen atoms in total. The maximum Gasteiger partial charge on any atom is 0.191 e. The first-order valence-corrected chi connectivity index (χ1v) is 7.96. The van der Waals surface area contributed by atoms with E-state index in [0.29, 0.717) is 0 Å². The van der Waals surface area contributed by atoms with Gasteiger partial charge in [0.25, 0.3) is 0 Å². The van der Waals surface area contributed by atoms with Crippen molar-refractivity contribution in [1.29, 1.82) is 0 Å². The molecule has 0 amide bonds. The number of guanidine groups is 1. The van der Waals surface area contributed by atoms with Crippen LogP contribution in [-0.4, -0.2) is 44.2 Å². The van der Waals surface area contributed by atoms with Crippen molar-refractivity contribution in [3.05, 3.63) is 23.7 Å². The summed E-state index contributed by atoms with van der Waals surface area (Å²) in [5, 5.41) is 9.76. The first kappa shape index (κ1) is 18.2. The molecule has 1 saturated heterocycles. The molecule has 1 aliphatic heterocycles. The summed E-state index contributed by atoms with van der Waals surface area (Å²) in [4.78, 5) is 11.2. The molecular weight excluding hydrogens is 397 g/mol. The SMILES string of the molecule is C=CCNC(=NC)NCCc1csc(N2CCCC2)n1.I. The number of aromatic nitrogens is 1. The van der Waals surface area contributed by atoms with Crippen molar-refractivity contribution in [2.24, 2.45) is 4.99 Å². The van der Waals surface area contributed by atoms with E-state index in [9.17, 15) is 0 Å². The Hall–Kier alpha value is -0.830. The fraction of sp³-hybridized carbons (Fsp3) is 0.571.